The first kappa shape index (κ1) is 22.3. The van der Waals surface area contributed by atoms with Gasteiger partial charge >= 0.3 is 0 Å². The van der Waals surface area contributed by atoms with E-state index in [-0.39, 0.29) is 12.1 Å². The van der Waals surface area contributed by atoms with Gasteiger partial charge in [-0.1, -0.05) is 18.2 Å². The number of aromatic nitrogens is 5. The van der Waals surface area contributed by atoms with Crippen molar-refractivity contribution in [2.75, 3.05) is 25.2 Å². The fourth-order valence-electron chi connectivity index (χ4n) is 4.13. The third-order valence-corrected chi connectivity index (χ3v) is 7.17. The maximum Gasteiger partial charge on any atom is 0.278 e. The van der Waals surface area contributed by atoms with Gasteiger partial charge in [-0.05, 0) is 61.7 Å². The first-order valence-corrected chi connectivity index (χ1v) is 13.7. The van der Waals surface area contributed by atoms with Gasteiger partial charge in [-0.3, -0.25) is 4.79 Å². The van der Waals surface area contributed by atoms with E-state index < -0.39 is 7.14 Å². The summed E-state index contributed by atoms with van der Waals surface area (Å²) < 4.78 is 15.8. The van der Waals surface area contributed by atoms with E-state index in [1.165, 1.54) is 22.0 Å². The summed E-state index contributed by atoms with van der Waals surface area (Å²) in [4.78, 5) is 26.8. The van der Waals surface area contributed by atoms with Crippen LogP contribution in [0.5, 0.6) is 0 Å². The molecule has 2 N–H and O–H groups in total. The van der Waals surface area contributed by atoms with Crippen LogP contribution in [0.3, 0.4) is 0 Å². The molecule has 5 rings (SSSR count). The number of anilines is 2. The Hall–Kier alpha value is -3.55. The molecule has 0 fully saturated rings. The second kappa shape index (κ2) is 8.66. The van der Waals surface area contributed by atoms with Crippen molar-refractivity contribution in [3.05, 3.63) is 76.7 Å². The molecule has 0 bridgehead atoms. The molecule has 4 heterocycles. The maximum atomic E-state index is 13.1. The molecule has 0 unspecified atom stereocenters. The number of allylic oxidation sites excluding steroid dienone is 1. The molecular formula is C24H26N7O2P. The van der Waals surface area contributed by atoms with Crippen LogP contribution in [0.4, 0.5) is 11.6 Å². The molecule has 3 aromatic heterocycles. The van der Waals surface area contributed by atoms with Crippen molar-refractivity contribution in [2.45, 2.75) is 19.5 Å². The highest BCUT2D eigenvalue weighted by Gasteiger charge is 2.20. The lowest BCUT2D eigenvalue weighted by molar-refractivity contribution is 0.586. The van der Waals surface area contributed by atoms with Crippen LogP contribution >= 0.6 is 7.14 Å². The van der Waals surface area contributed by atoms with Gasteiger partial charge in [0, 0.05) is 18.4 Å². The van der Waals surface area contributed by atoms with Crippen LogP contribution in [-0.2, 0) is 24.1 Å². The van der Waals surface area contributed by atoms with Crippen LogP contribution in [0.2, 0.25) is 0 Å². The minimum atomic E-state index is -2.60. The van der Waals surface area contributed by atoms with Gasteiger partial charge in [0.2, 0.25) is 5.95 Å². The summed E-state index contributed by atoms with van der Waals surface area (Å²) in [5.74, 6) is 0.827. The van der Waals surface area contributed by atoms with Crippen molar-refractivity contribution in [2.24, 2.45) is 0 Å². The van der Waals surface area contributed by atoms with E-state index in [0.29, 0.717) is 28.2 Å². The van der Waals surface area contributed by atoms with Crippen LogP contribution in [0.15, 0.2) is 60.0 Å². The molecule has 10 heteroatoms. The zero-order valence-corrected chi connectivity index (χ0v) is 20.0. The molecule has 1 aliphatic heterocycles. The first-order chi connectivity index (χ1) is 16.3. The van der Waals surface area contributed by atoms with E-state index in [4.69, 9.17) is 0 Å². The number of nitrogens with one attached hydrogen (secondary N) is 2. The SMILES string of the molecule is C=CCn1c(=O)c2cnc(Nc3ccc4c(c3)CNCC4)nc2n1-c1cccc(P(C)(C)=O)n1. The maximum absolute atomic E-state index is 13.1. The topological polar surface area (TPSA) is 107 Å². The number of hydrogen-bond donors (Lipinski definition) is 2. The van der Waals surface area contributed by atoms with E-state index in [2.05, 4.69) is 44.3 Å². The number of benzene rings is 1. The molecule has 4 aromatic rings. The Bertz CT molecular complexity index is 1520. The van der Waals surface area contributed by atoms with Gasteiger partial charge < -0.3 is 15.2 Å². The van der Waals surface area contributed by atoms with Gasteiger partial charge in [-0.15, -0.1) is 6.58 Å². The third-order valence-electron chi connectivity index (χ3n) is 5.81. The molecule has 0 radical (unpaired) electrons. The second-order valence-corrected chi connectivity index (χ2v) is 11.8. The highest BCUT2D eigenvalue weighted by molar-refractivity contribution is 7.69. The lowest BCUT2D eigenvalue weighted by atomic mass is 10.0. The number of fused-ring (bicyclic) bond motifs is 2. The van der Waals surface area contributed by atoms with Gasteiger partial charge in [0.05, 0.1) is 6.54 Å². The standard InChI is InChI=1S/C24H26N7O2P/c1-4-12-30-23(32)19-15-26-24(27-18-9-8-16-10-11-25-14-17(16)13-18)29-22(19)31(30)20-6-5-7-21(28-20)34(2,3)33/h4-9,13,15,25H,1,10-12,14H2,2-3H3,(H,26,27,29). The quantitative estimate of drug-likeness (QED) is 0.326. The first-order valence-electron chi connectivity index (χ1n) is 11.1. The van der Waals surface area contributed by atoms with Crippen molar-refractivity contribution in [3.8, 4) is 5.82 Å². The molecule has 34 heavy (non-hydrogen) atoms. The summed E-state index contributed by atoms with van der Waals surface area (Å²) in [6, 6.07) is 11.5. The highest BCUT2D eigenvalue weighted by Crippen LogP contribution is 2.33. The zero-order valence-electron chi connectivity index (χ0n) is 19.2. The van der Waals surface area contributed by atoms with E-state index in [1.807, 2.05) is 6.07 Å². The van der Waals surface area contributed by atoms with Crippen LogP contribution in [0.1, 0.15) is 11.1 Å². The molecule has 174 valence electrons. The Labute approximate surface area is 196 Å². The molecule has 0 spiro atoms. The summed E-state index contributed by atoms with van der Waals surface area (Å²) in [6.45, 7) is 9.19. The van der Waals surface area contributed by atoms with E-state index in [0.717, 1.165) is 25.2 Å². The number of rotatable bonds is 6. The summed E-state index contributed by atoms with van der Waals surface area (Å²) in [5.41, 5.74) is 4.11. The highest BCUT2D eigenvalue weighted by atomic mass is 31.2. The van der Waals surface area contributed by atoms with Crippen LogP contribution in [0, 0.1) is 0 Å². The van der Waals surface area contributed by atoms with E-state index >= 15 is 0 Å². The summed E-state index contributed by atoms with van der Waals surface area (Å²) in [5, 5.41) is 7.01. The average Bonchev–Trinajstić information content (AvgIpc) is 3.10. The average molecular weight is 475 g/mol. The Balaban J connectivity index is 1.63. The summed E-state index contributed by atoms with van der Waals surface area (Å²) in [6.07, 6.45) is 4.17. The van der Waals surface area contributed by atoms with Gasteiger partial charge in [-0.25, -0.2) is 19.3 Å². The zero-order chi connectivity index (χ0) is 23.9. The molecule has 0 saturated heterocycles. The van der Waals surface area contributed by atoms with Gasteiger partial charge in [0.15, 0.2) is 11.5 Å². The van der Waals surface area contributed by atoms with Gasteiger partial charge in [0.1, 0.15) is 18.0 Å². The minimum absolute atomic E-state index is 0.246. The van der Waals surface area contributed by atoms with Gasteiger partial charge in [-0.2, -0.15) is 4.98 Å². The van der Waals surface area contributed by atoms with E-state index in [1.54, 1.807) is 42.3 Å². The minimum Gasteiger partial charge on any atom is -0.324 e. The van der Waals surface area contributed by atoms with Crippen molar-refractivity contribution >= 4 is 35.2 Å². The molecular weight excluding hydrogens is 449 g/mol. The molecule has 0 amide bonds. The Morgan fingerprint density at radius 2 is 2.06 bits per heavy atom. The predicted molar refractivity (Wildman–Crippen MR) is 135 cm³/mol. The van der Waals surface area contributed by atoms with Crippen LogP contribution in [-0.4, -0.2) is 44.2 Å². The number of hydrogen-bond acceptors (Lipinski definition) is 7. The van der Waals surface area contributed by atoms with E-state index in [9.17, 15) is 9.36 Å². The smallest absolute Gasteiger partial charge is 0.278 e. The van der Waals surface area contributed by atoms with Crippen LogP contribution in [0.25, 0.3) is 16.9 Å². The van der Waals surface area contributed by atoms with Crippen molar-refractivity contribution in [1.82, 2.24) is 29.6 Å². The Morgan fingerprint density at radius 1 is 1.21 bits per heavy atom. The molecule has 0 aliphatic carbocycles. The molecule has 1 aromatic carbocycles. The lowest BCUT2D eigenvalue weighted by Gasteiger charge is -2.18. The Kier molecular flexibility index (Phi) is 5.67. The fraction of sp³-hybridized carbons (Fsp3) is 0.250. The Morgan fingerprint density at radius 3 is 2.85 bits per heavy atom. The number of nitrogens with zero attached hydrogens (tertiary/aromatic N) is 5. The van der Waals surface area contributed by atoms with Gasteiger partial charge in [0.25, 0.3) is 5.56 Å². The third kappa shape index (κ3) is 4.08. The van der Waals surface area contributed by atoms with Crippen LogP contribution < -0.4 is 21.6 Å². The largest absolute Gasteiger partial charge is 0.324 e. The second-order valence-electron chi connectivity index (χ2n) is 8.66. The lowest BCUT2D eigenvalue weighted by Crippen LogP contribution is -2.23. The fourth-order valence-corrected chi connectivity index (χ4v) is 4.91. The normalized spacial score (nSPS) is 13.6. The molecule has 0 saturated carbocycles. The monoisotopic (exact) mass is 475 g/mol. The summed E-state index contributed by atoms with van der Waals surface area (Å²) >= 11 is 0. The summed E-state index contributed by atoms with van der Waals surface area (Å²) in [7, 11) is -2.60. The van der Waals surface area contributed by atoms with Crippen molar-refractivity contribution in [1.29, 1.82) is 0 Å². The predicted octanol–water partition coefficient (Wildman–Crippen LogP) is 2.80. The number of pyridine rings is 1. The molecule has 9 nitrogen and oxygen atoms in total. The van der Waals surface area contributed by atoms with Crippen molar-refractivity contribution < 1.29 is 4.57 Å². The molecule has 0 atom stereocenters. The molecule has 1 aliphatic rings. The van der Waals surface area contributed by atoms with Crippen molar-refractivity contribution in [3.63, 3.8) is 0 Å².